The number of carbonyl (C=O) groups excluding carboxylic acids is 1. The Morgan fingerprint density at radius 2 is 1.83 bits per heavy atom. The molecule has 0 spiro atoms. The van der Waals surface area contributed by atoms with Crippen molar-refractivity contribution >= 4 is 50.5 Å². The van der Waals surface area contributed by atoms with Gasteiger partial charge in [-0.05, 0) is 30.3 Å². The predicted octanol–water partition coefficient (Wildman–Crippen LogP) is 3.13. The van der Waals surface area contributed by atoms with Crippen LogP contribution >= 0.6 is 23.2 Å². The maximum Gasteiger partial charge on any atom is 0.263 e. The first-order valence-corrected chi connectivity index (χ1v) is 8.64. The van der Waals surface area contributed by atoms with Crippen molar-refractivity contribution in [2.75, 3.05) is 16.6 Å². The van der Waals surface area contributed by atoms with Gasteiger partial charge in [0.1, 0.15) is 10.6 Å². The molecular formula is C14H10Cl2N2O4S. The van der Waals surface area contributed by atoms with Crippen LogP contribution in [0.25, 0.3) is 0 Å². The Morgan fingerprint density at radius 3 is 2.52 bits per heavy atom. The summed E-state index contributed by atoms with van der Waals surface area (Å²) in [6, 6.07) is 8.80. The van der Waals surface area contributed by atoms with E-state index in [1.54, 1.807) is 12.1 Å². The summed E-state index contributed by atoms with van der Waals surface area (Å²) in [5, 5.41) is 3.02. The van der Waals surface area contributed by atoms with Crippen molar-refractivity contribution in [3.63, 3.8) is 0 Å². The number of anilines is 2. The number of rotatable bonds is 3. The van der Waals surface area contributed by atoms with Crippen molar-refractivity contribution in [2.24, 2.45) is 0 Å². The average molecular weight is 373 g/mol. The number of hydrogen-bond acceptors (Lipinski definition) is 4. The van der Waals surface area contributed by atoms with Crippen molar-refractivity contribution in [3.05, 3.63) is 46.4 Å². The van der Waals surface area contributed by atoms with Crippen LogP contribution in [0.2, 0.25) is 10.0 Å². The van der Waals surface area contributed by atoms with Crippen molar-refractivity contribution in [1.82, 2.24) is 0 Å². The van der Waals surface area contributed by atoms with Gasteiger partial charge in [0.05, 0.1) is 10.7 Å². The fraction of sp³-hybridized carbons (Fsp3) is 0.0714. The molecule has 1 aliphatic heterocycles. The molecule has 0 unspecified atom stereocenters. The molecule has 9 heteroatoms. The summed E-state index contributed by atoms with van der Waals surface area (Å²) in [7, 11) is -3.92. The number of nitrogens with one attached hydrogen (secondary N) is 2. The van der Waals surface area contributed by atoms with Gasteiger partial charge < -0.3 is 10.1 Å². The van der Waals surface area contributed by atoms with E-state index in [0.29, 0.717) is 16.4 Å². The van der Waals surface area contributed by atoms with Gasteiger partial charge in [0.15, 0.2) is 6.61 Å². The Hall–Kier alpha value is -1.96. The van der Waals surface area contributed by atoms with Crippen molar-refractivity contribution in [3.8, 4) is 5.75 Å². The highest BCUT2D eigenvalue weighted by atomic mass is 35.5. The van der Waals surface area contributed by atoms with Crippen LogP contribution in [-0.2, 0) is 14.8 Å². The van der Waals surface area contributed by atoms with Crippen molar-refractivity contribution < 1.29 is 17.9 Å². The lowest BCUT2D eigenvalue weighted by molar-refractivity contribution is -0.118. The van der Waals surface area contributed by atoms with E-state index >= 15 is 0 Å². The van der Waals surface area contributed by atoms with Crippen LogP contribution in [0.4, 0.5) is 11.4 Å². The van der Waals surface area contributed by atoms with Gasteiger partial charge in [-0.3, -0.25) is 9.52 Å². The van der Waals surface area contributed by atoms with E-state index in [2.05, 4.69) is 10.0 Å². The molecule has 0 saturated carbocycles. The molecule has 0 fully saturated rings. The number of benzene rings is 2. The predicted molar refractivity (Wildman–Crippen MR) is 87.8 cm³/mol. The summed E-state index contributed by atoms with van der Waals surface area (Å²) in [4.78, 5) is 11.1. The van der Waals surface area contributed by atoms with Gasteiger partial charge in [-0.25, -0.2) is 8.42 Å². The lowest BCUT2D eigenvalue weighted by atomic mass is 10.2. The van der Waals surface area contributed by atoms with Crippen LogP contribution in [-0.4, -0.2) is 20.9 Å². The molecule has 2 N–H and O–H groups in total. The number of ether oxygens (including phenoxy) is 1. The van der Waals surface area contributed by atoms with Crippen LogP contribution in [0.1, 0.15) is 0 Å². The molecule has 0 aliphatic carbocycles. The molecule has 23 heavy (non-hydrogen) atoms. The first kappa shape index (κ1) is 15.9. The van der Waals surface area contributed by atoms with E-state index in [9.17, 15) is 13.2 Å². The molecule has 1 heterocycles. The van der Waals surface area contributed by atoms with Gasteiger partial charge in [0.25, 0.3) is 15.9 Å². The number of sulfonamides is 1. The second kappa shape index (κ2) is 5.92. The van der Waals surface area contributed by atoms with Crippen LogP contribution in [0, 0.1) is 0 Å². The minimum atomic E-state index is -3.92. The number of fused-ring (bicyclic) bond motifs is 1. The van der Waals surface area contributed by atoms with Gasteiger partial charge in [0.2, 0.25) is 0 Å². The molecule has 0 radical (unpaired) electrons. The molecule has 0 saturated heterocycles. The van der Waals surface area contributed by atoms with E-state index < -0.39 is 10.0 Å². The average Bonchev–Trinajstić information content (AvgIpc) is 2.48. The van der Waals surface area contributed by atoms with Gasteiger partial charge in [-0.2, -0.15) is 0 Å². The number of amides is 1. The zero-order valence-electron chi connectivity index (χ0n) is 11.5. The zero-order valence-corrected chi connectivity index (χ0v) is 13.8. The summed E-state index contributed by atoms with van der Waals surface area (Å²) in [6.07, 6.45) is 0. The fourth-order valence-corrected chi connectivity index (χ4v) is 3.74. The molecular weight excluding hydrogens is 363 g/mol. The van der Waals surface area contributed by atoms with Crippen LogP contribution < -0.4 is 14.8 Å². The maximum atomic E-state index is 12.5. The number of carbonyl (C=O) groups is 1. The highest BCUT2D eigenvalue weighted by molar-refractivity contribution is 7.92. The van der Waals surface area contributed by atoms with E-state index in [0.717, 1.165) is 0 Å². The Bertz CT molecular complexity index is 882. The third-order valence-electron chi connectivity index (χ3n) is 3.05. The molecule has 6 nitrogen and oxygen atoms in total. The lowest BCUT2D eigenvalue weighted by Crippen LogP contribution is -2.25. The van der Waals surface area contributed by atoms with Gasteiger partial charge >= 0.3 is 0 Å². The summed E-state index contributed by atoms with van der Waals surface area (Å²) < 4.78 is 32.6. The SMILES string of the molecule is O=C1COc2cc(S(=O)(=O)Nc3ccc(Cl)cc3)c(Cl)cc2N1. The summed E-state index contributed by atoms with van der Waals surface area (Å²) >= 11 is 11.8. The van der Waals surface area contributed by atoms with Crippen molar-refractivity contribution in [1.29, 1.82) is 0 Å². The third-order valence-corrected chi connectivity index (χ3v) is 5.15. The van der Waals surface area contributed by atoms with E-state index in [-0.39, 0.29) is 28.2 Å². The molecule has 0 bridgehead atoms. The number of halogens is 2. The molecule has 1 amide bonds. The zero-order chi connectivity index (χ0) is 16.6. The van der Waals surface area contributed by atoms with Gasteiger partial charge in [-0.15, -0.1) is 0 Å². The van der Waals surface area contributed by atoms with Crippen LogP contribution in [0.15, 0.2) is 41.3 Å². The largest absolute Gasteiger partial charge is 0.482 e. The minimum absolute atomic E-state index is 0.0315. The third kappa shape index (κ3) is 3.36. The lowest BCUT2D eigenvalue weighted by Gasteiger charge is -2.19. The normalized spacial score (nSPS) is 13.7. The summed E-state index contributed by atoms with van der Waals surface area (Å²) in [5.41, 5.74) is 0.675. The topological polar surface area (TPSA) is 84.5 Å². The molecule has 120 valence electrons. The van der Waals surface area contributed by atoms with Crippen LogP contribution in [0.3, 0.4) is 0 Å². The molecule has 1 aliphatic rings. The first-order valence-electron chi connectivity index (χ1n) is 6.40. The molecule has 0 aromatic heterocycles. The quantitative estimate of drug-likeness (QED) is 0.866. The number of hydrogen-bond donors (Lipinski definition) is 2. The second-order valence-electron chi connectivity index (χ2n) is 4.73. The van der Waals surface area contributed by atoms with E-state index in [4.69, 9.17) is 27.9 Å². The Labute approximate surface area is 142 Å². The Kier molecular flexibility index (Phi) is 4.09. The second-order valence-corrected chi connectivity index (χ2v) is 7.22. The Morgan fingerprint density at radius 1 is 1.13 bits per heavy atom. The highest BCUT2D eigenvalue weighted by Crippen LogP contribution is 2.36. The smallest absolute Gasteiger partial charge is 0.263 e. The van der Waals surface area contributed by atoms with Crippen LogP contribution in [0.5, 0.6) is 5.75 Å². The maximum absolute atomic E-state index is 12.5. The van der Waals surface area contributed by atoms with E-state index in [1.807, 2.05) is 0 Å². The molecule has 0 atom stereocenters. The highest BCUT2D eigenvalue weighted by Gasteiger charge is 2.24. The van der Waals surface area contributed by atoms with Crippen molar-refractivity contribution in [2.45, 2.75) is 4.90 Å². The standard InChI is InChI=1S/C14H10Cl2N2O4S/c15-8-1-3-9(4-2-8)18-23(20,21)13-6-12-11(5-10(13)16)17-14(19)7-22-12/h1-6,18H,7H2,(H,17,19). The molecule has 2 aromatic carbocycles. The van der Waals surface area contributed by atoms with E-state index in [1.165, 1.54) is 24.3 Å². The van der Waals surface area contributed by atoms with Gasteiger partial charge in [-0.1, -0.05) is 23.2 Å². The Balaban J connectivity index is 1.96. The minimum Gasteiger partial charge on any atom is -0.482 e. The first-order chi connectivity index (χ1) is 10.8. The van der Waals surface area contributed by atoms with Gasteiger partial charge in [0, 0.05) is 16.8 Å². The molecule has 2 aromatic rings. The molecule has 3 rings (SSSR count). The summed E-state index contributed by atoms with van der Waals surface area (Å²) in [5.74, 6) is -0.0889. The fourth-order valence-electron chi connectivity index (χ4n) is 2.02. The summed E-state index contributed by atoms with van der Waals surface area (Å²) in [6.45, 7) is -0.182. The monoisotopic (exact) mass is 372 g/mol.